The smallest absolute Gasteiger partial charge is 0.335 e. The van der Waals surface area contributed by atoms with Crippen LogP contribution in [0, 0.1) is 0 Å². The Balaban J connectivity index is 1.95. The van der Waals surface area contributed by atoms with Gasteiger partial charge >= 0.3 is 5.97 Å². The topological polar surface area (TPSA) is 37.3 Å². The minimum atomic E-state index is -0.888. The highest BCUT2D eigenvalue weighted by Gasteiger charge is 2.29. The second kappa shape index (κ2) is 4.85. The summed E-state index contributed by atoms with van der Waals surface area (Å²) in [6.07, 6.45) is 0. The quantitative estimate of drug-likeness (QED) is 0.587. The molecule has 0 saturated carbocycles. The van der Waals surface area contributed by atoms with Gasteiger partial charge in [0.2, 0.25) is 0 Å². The minimum Gasteiger partial charge on any atom is -0.478 e. The van der Waals surface area contributed by atoms with E-state index in [-0.39, 0.29) is 5.92 Å². The number of carbonyl (C=O) groups is 1. The molecule has 3 aromatic rings. The van der Waals surface area contributed by atoms with Gasteiger partial charge in [-0.25, -0.2) is 4.79 Å². The first-order valence-corrected chi connectivity index (χ1v) is 7.27. The molecule has 3 aromatic carbocycles. The van der Waals surface area contributed by atoms with Crippen molar-refractivity contribution in [2.24, 2.45) is 0 Å². The normalized spacial score (nSPS) is 12.7. The fourth-order valence-corrected chi connectivity index (χ4v) is 3.37. The lowest BCUT2D eigenvalue weighted by Crippen LogP contribution is -2.02. The molecule has 4 rings (SSSR count). The van der Waals surface area contributed by atoms with E-state index in [1.165, 1.54) is 22.3 Å². The van der Waals surface area contributed by atoms with Crippen LogP contribution in [0.5, 0.6) is 0 Å². The molecule has 2 heteroatoms. The number of benzene rings is 3. The van der Waals surface area contributed by atoms with E-state index in [2.05, 4.69) is 24.3 Å². The van der Waals surface area contributed by atoms with Crippen molar-refractivity contribution in [3.63, 3.8) is 0 Å². The van der Waals surface area contributed by atoms with Gasteiger partial charge in [-0.3, -0.25) is 0 Å². The zero-order valence-electron chi connectivity index (χ0n) is 11.9. The Labute approximate surface area is 128 Å². The molecule has 0 unspecified atom stereocenters. The minimum absolute atomic E-state index is 0.103. The van der Waals surface area contributed by atoms with Crippen molar-refractivity contribution < 1.29 is 9.90 Å². The first-order valence-electron chi connectivity index (χ1n) is 7.27. The summed E-state index contributed by atoms with van der Waals surface area (Å²) in [5, 5.41) is 9.24. The summed E-state index contributed by atoms with van der Waals surface area (Å²) < 4.78 is 0. The van der Waals surface area contributed by atoms with E-state index in [9.17, 15) is 9.90 Å². The molecule has 0 bridgehead atoms. The van der Waals surface area contributed by atoms with Gasteiger partial charge in [0.05, 0.1) is 5.56 Å². The van der Waals surface area contributed by atoms with E-state index in [0.29, 0.717) is 5.56 Å². The van der Waals surface area contributed by atoms with E-state index in [0.717, 1.165) is 5.56 Å². The molecule has 22 heavy (non-hydrogen) atoms. The molecule has 0 spiro atoms. The highest BCUT2D eigenvalue weighted by atomic mass is 16.4. The molecular formula is C20H14O2. The van der Waals surface area contributed by atoms with E-state index in [1.54, 1.807) is 12.1 Å². The van der Waals surface area contributed by atoms with Crippen LogP contribution in [0.4, 0.5) is 0 Å². The van der Waals surface area contributed by atoms with Crippen molar-refractivity contribution in [2.75, 3.05) is 0 Å². The summed E-state index contributed by atoms with van der Waals surface area (Å²) in [6, 6.07) is 24.0. The van der Waals surface area contributed by atoms with Crippen molar-refractivity contribution in [1.29, 1.82) is 0 Å². The molecule has 2 nitrogen and oxygen atoms in total. The third-order valence-electron chi connectivity index (χ3n) is 4.30. The van der Waals surface area contributed by atoms with Gasteiger partial charge in [-0.15, -0.1) is 0 Å². The van der Waals surface area contributed by atoms with Crippen molar-refractivity contribution in [2.45, 2.75) is 5.92 Å². The lowest BCUT2D eigenvalue weighted by atomic mass is 9.88. The van der Waals surface area contributed by atoms with Crippen molar-refractivity contribution in [3.05, 3.63) is 95.1 Å². The van der Waals surface area contributed by atoms with Gasteiger partial charge in [0, 0.05) is 5.92 Å². The molecule has 0 radical (unpaired) electrons. The van der Waals surface area contributed by atoms with Crippen LogP contribution in [-0.4, -0.2) is 11.1 Å². The number of carboxylic acid groups (broad SMARTS) is 1. The number of hydrogen-bond donors (Lipinski definition) is 1. The van der Waals surface area contributed by atoms with Crippen LogP contribution in [0.1, 0.15) is 33.0 Å². The Morgan fingerprint density at radius 3 is 1.95 bits per heavy atom. The molecule has 0 atom stereocenters. The largest absolute Gasteiger partial charge is 0.478 e. The maximum absolute atomic E-state index is 11.3. The zero-order valence-corrected chi connectivity index (χ0v) is 11.9. The fourth-order valence-electron chi connectivity index (χ4n) is 3.37. The molecule has 1 aliphatic rings. The fraction of sp³-hybridized carbons (Fsp3) is 0.0500. The van der Waals surface area contributed by atoms with E-state index < -0.39 is 5.97 Å². The van der Waals surface area contributed by atoms with Crippen LogP contribution >= 0.6 is 0 Å². The van der Waals surface area contributed by atoms with Crippen LogP contribution in [0.3, 0.4) is 0 Å². The molecule has 0 amide bonds. The van der Waals surface area contributed by atoms with Gasteiger partial charge in [-0.05, 0) is 39.9 Å². The molecule has 1 aliphatic carbocycles. The van der Waals surface area contributed by atoms with Crippen molar-refractivity contribution in [1.82, 2.24) is 0 Å². The Morgan fingerprint density at radius 2 is 1.36 bits per heavy atom. The van der Waals surface area contributed by atoms with E-state index in [4.69, 9.17) is 0 Å². The highest BCUT2D eigenvalue weighted by molar-refractivity contribution is 5.88. The van der Waals surface area contributed by atoms with Crippen LogP contribution in [0.15, 0.2) is 72.8 Å². The molecular weight excluding hydrogens is 272 g/mol. The number of hydrogen-bond acceptors (Lipinski definition) is 1. The molecule has 1 N–H and O–H groups in total. The van der Waals surface area contributed by atoms with Crippen LogP contribution in [-0.2, 0) is 0 Å². The van der Waals surface area contributed by atoms with Crippen LogP contribution < -0.4 is 0 Å². The maximum Gasteiger partial charge on any atom is 0.335 e. The summed E-state index contributed by atoms with van der Waals surface area (Å²) in [5.41, 5.74) is 6.32. The summed E-state index contributed by atoms with van der Waals surface area (Å²) >= 11 is 0. The van der Waals surface area contributed by atoms with Gasteiger partial charge in [0.25, 0.3) is 0 Å². The Kier molecular flexibility index (Phi) is 2.83. The van der Waals surface area contributed by atoms with Crippen LogP contribution in [0.25, 0.3) is 11.1 Å². The lowest BCUT2D eigenvalue weighted by molar-refractivity contribution is 0.0696. The van der Waals surface area contributed by atoms with E-state index >= 15 is 0 Å². The number of aromatic carboxylic acids is 1. The lowest BCUT2D eigenvalue weighted by Gasteiger charge is -2.14. The summed E-state index contributed by atoms with van der Waals surface area (Å²) in [4.78, 5) is 11.3. The monoisotopic (exact) mass is 286 g/mol. The van der Waals surface area contributed by atoms with Gasteiger partial charge in [0.15, 0.2) is 0 Å². The van der Waals surface area contributed by atoms with Crippen LogP contribution in [0.2, 0.25) is 0 Å². The first-order chi connectivity index (χ1) is 10.8. The van der Waals surface area contributed by atoms with Crippen molar-refractivity contribution >= 4 is 5.97 Å². The summed E-state index contributed by atoms with van der Waals surface area (Å²) in [6.45, 7) is 0. The molecule has 0 saturated heterocycles. The second-order valence-corrected chi connectivity index (χ2v) is 5.54. The number of carboxylic acids is 1. The van der Waals surface area contributed by atoms with Gasteiger partial charge < -0.3 is 5.11 Å². The van der Waals surface area contributed by atoms with E-state index in [1.807, 2.05) is 36.4 Å². The third kappa shape index (κ3) is 1.85. The average Bonchev–Trinajstić information content (AvgIpc) is 2.89. The summed E-state index contributed by atoms with van der Waals surface area (Å²) in [7, 11) is 0. The molecule has 0 fully saturated rings. The predicted molar refractivity (Wildman–Crippen MR) is 86.2 cm³/mol. The molecule has 0 aliphatic heterocycles. The number of fused-ring (bicyclic) bond motifs is 3. The average molecular weight is 286 g/mol. The SMILES string of the molecule is O=C(O)c1cccc(C2c3ccccc3-c3ccccc32)c1. The number of rotatable bonds is 2. The molecule has 0 heterocycles. The summed E-state index contributed by atoms with van der Waals surface area (Å²) in [5.74, 6) is -0.784. The second-order valence-electron chi connectivity index (χ2n) is 5.54. The third-order valence-corrected chi connectivity index (χ3v) is 4.30. The highest BCUT2D eigenvalue weighted by Crippen LogP contribution is 2.47. The maximum atomic E-state index is 11.3. The van der Waals surface area contributed by atoms with Gasteiger partial charge in [0.1, 0.15) is 0 Å². The Morgan fingerprint density at radius 1 is 0.773 bits per heavy atom. The predicted octanol–water partition coefficient (Wildman–Crippen LogP) is 4.55. The van der Waals surface area contributed by atoms with Gasteiger partial charge in [-0.2, -0.15) is 0 Å². The standard InChI is InChI=1S/C20H14O2/c21-20(22)14-7-5-6-13(12-14)19-17-10-3-1-8-15(17)16-9-2-4-11-18(16)19/h1-12,19H,(H,21,22). The van der Waals surface area contributed by atoms with Crippen molar-refractivity contribution in [3.8, 4) is 11.1 Å². The molecule has 0 aromatic heterocycles. The Bertz CT molecular complexity index is 835. The zero-order chi connectivity index (χ0) is 15.1. The Hall–Kier alpha value is -2.87. The van der Waals surface area contributed by atoms with Gasteiger partial charge in [-0.1, -0.05) is 60.7 Å². The molecule has 106 valence electrons. The first kappa shape index (κ1) is 12.8.